The molecule has 0 aromatic rings. The van der Waals surface area contributed by atoms with Gasteiger partial charge in [0.1, 0.15) is 0 Å². The van der Waals surface area contributed by atoms with Gasteiger partial charge in [-0.3, -0.25) is 0 Å². The van der Waals surface area contributed by atoms with Crippen LogP contribution in [0, 0.1) is 0 Å². The zero-order valence-electron chi connectivity index (χ0n) is 23.3. The number of unbranched alkanes of at least 4 members (excludes halogenated alkanes) is 18. The summed E-state index contributed by atoms with van der Waals surface area (Å²) < 4.78 is 1.47. The topological polar surface area (TPSA) is 30.0 Å². The fraction of sp³-hybridized carbons (Fsp3) is 1.00. The number of quaternary nitrogens is 1. The largest absolute Gasteiger partial charge is 0.870 e. The molecule has 0 aliphatic rings. The molecule has 0 rings (SSSR count). The third-order valence-corrected chi connectivity index (χ3v) is 7.44. The highest BCUT2D eigenvalue weighted by Gasteiger charge is 2.25. The summed E-state index contributed by atoms with van der Waals surface area (Å²) in [6.07, 6.45) is 31.8. The van der Waals surface area contributed by atoms with Crippen molar-refractivity contribution < 1.29 is 9.96 Å². The quantitative estimate of drug-likeness (QED) is 0.0941. The van der Waals surface area contributed by atoms with Crippen molar-refractivity contribution in [2.24, 2.45) is 0 Å². The van der Waals surface area contributed by atoms with Gasteiger partial charge in [-0.25, -0.2) is 0 Å². The summed E-state index contributed by atoms with van der Waals surface area (Å²) in [6, 6.07) is 0. The molecule has 1 N–H and O–H groups in total. The van der Waals surface area contributed by atoms with Crippen molar-refractivity contribution in [2.45, 2.75) is 169 Å². The van der Waals surface area contributed by atoms with Crippen molar-refractivity contribution in [3.8, 4) is 0 Å². The van der Waals surface area contributed by atoms with Gasteiger partial charge in [0.05, 0.1) is 26.2 Å². The average molecular weight is 456 g/mol. The molecule has 2 heteroatoms. The van der Waals surface area contributed by atoms with Crippen LogP contribution in [0.5, 0.6) is 0 Å². The molecule has 0 fully saturated rings. The minimum atomic E-state index is 0. The summed E-state index contributed by atoms with van der Waals surface area (Å²) in [7, 11) is 0. The molecule has 0 radical (unpaired) electrons. The minimum absolute atomic E-state index is 0. The molecule has 0 heterocycles. The minimum Gasteiger partial charge on any atom is -0.870 e. The Morgan fingerprint density at radius 3 is 0.719 bits per heavy atom. The Bertz CT molecular complexity index is 300. The second kappa shape index (κ2) is 27.2. The predicted molar refractivity (Wildman–Crippen MR) is 146 cm³/mol. The summed E-state index contributed by atoms with van der Waals surface area (Å²) in [5.74, 6) is 0. The van der Waals surface area contributed by atoms with E-state index in [4.69, 9.17) is 0 Å². The van der Waals surface area contributed by atoms with Crippen LogP contribution in [0.1, 0.15) is 169 Å². The monoisotopic (exact) mass is 456 g/mol. The van der Waals surface area contributed by atoms with E-state index in [0.29, 0.717) is 0 Å². The maximum atomic E-state index is 2.35. The van der Waals surface area contributed by atoms with Crippen LogP contribution in [-0.4, -0.2) is 36.1 Å². The molecule has 0 aromatic heterocycles. The van der Waals surface area contributed by atoms with Crippen LogP contribution >= 0.6 is 0 Å². The highest BCUT2D eigenvalue weighted by Crippen LogP contribution is 2.20. The molecule has 32 heavy (non-hydrogen) atoms. The van der Waals surface area contributed by atoms with Gasteiger partial charge < -0.3 is 9.96 Å². The Labute approximate surface area is 205 Å². The summed E-state index contributed by atoms with van der Waals surface area (Å²) in [6.45, 7) is 15.2. The summed E-state index contributed by atoms with van der Waals surface area (Å²) in [5.41, 5.74) is 0. The molecule has 0 aliphatic carbocycles. The van der Waals surface area contributed by atoms with Crippen LogP contribution < -0.4 is 0 Å². The van der Waals surface area contributed by atoms with Crippen LogP contribution in [0.3, 0.4) is 0 Å². The first-order valence-electron chi connectivity index (χ1n) is 15.1. The lowest BCUT2D eigenvalue weighted by atomic mass is 10.0. The molecule has 0 amide bonds. The zero-order valence-corrected chi connectivity index (χ0v) is 23.3. The second-order valence-electron chi connectivity index (χ2n) is 10.6. The normalized spacial score (nSPS) is 11.6. The molecule has 0 unspecified atom stereocenters. The van der Waals surface area contributed by atoms with E-state index in [2.05, 4.69) is 27.7 Å². The lowest BCUT2D eigenvalue weighted by Gasteiger charge is -2.39. The van der Waals surface area contributed by atoms with E-state index in [1.807, 2.05) is 0 Å². The van der Waals surface area contributed by atoms with Crippen LogP contribution in [0.2, 0.25) is 0 Å². The summed E-state index contributed by atoms with van der Waals surface area (Å²) in [5, 5.41) is 0. The second-order valence-corrected chi connectivity index (χ2v) is 10.6. The molecule has 0 atom stereocenters. The Balaban J connectivity index is 0. The van der Waals surface area contributed by atoms with Crippen molar-refractivity contribution in [1.29, 1.82) is 0 Å². The molecular formula is C30H65NO. The summed E-state index contributed by atoms with van der Waals surface area (Å²) >= 11 is 0. The smallest absolute Gasteiger partial charge is 0.0786 e. The van der Waals surface area contributed by atoms with E-state index in [0.717, 1.165) is 0 Å². The van der Waals surface area contributed by atoms with Gasteiger partial charge in [-0.1, -0.05) is 118 Å². The number of hydrogen-bond donors (Lipinski definition) is 0. The van der Waals surface area contributed by atoms with Crippen molar-refractivity contribution in [1.82, 2.24) is 0 Å². The Kier molecular flexibility index (Phi) is 28.9. The van der Waals surface area contributed by atoms with Gasteiger partial charge in [0.25, 0.3) is 0 Å². The van der Waals surface area contributed by atoms with E-state index in [1.54, 1.807) is 0 Å². The molecule has 0 spiro atoms. The standard InChI is InChI=1S/C30H64N.H2O/c1-5-9-13-17-18-19-20-21-22-26-30-31(27-23-14-10-6-2,28-24-15-11-7-3)29-25-16-12-8-4;/h5-30H2,1-4H3;1H2/q+1;/p-1. The van der Waals surface area contributed by atoms with E-state index in [-0.39, 0.29) is 5.48 Å². The molecule has 2 nitrogen and oxygen atoms in total. The van der Waals surface area contributed by atoms with E-state index in [1.165, 1.54) is 172 Å². The number of nitrogens with zero attached hydrogens (tertiary/aromatic N) is 1. The number of rotatable bonds is 26. The number of hydrogen-bond acceptors (Lipinski definition) is 1. The fourth-order valence-corrected chi connectivity index (χ4v) is 5.23. The molecule has 196 valence electrons. The Hall–Kier alpha value is -0.0800. The predicted octanol–water partition coefficient (Wildman–Crippen LogP) is 10.3. The third kappa shape index (κ3) is 21.7. The van der Waals surface area contributed by atoms with Gasteiger partial charge in [0, 0.05) is 0 Å². The first-order valence-corrected chi connectivity index (χ1v) is 15.1. The molecule has 0 bridgehead atoms. The van der Waals surface area contributed by atoms with Crippen molar-refractivity contribution in [2.75, 3.05) is 26.2 Å². The lowest BCUT2D eigenvalue weighted by Crippen LogP contribution is -2.50. The molecule has 0 saturated heterocycles. The van der Waals surface area contributed by atoms with Gasteiger partial charge in [0.15, 0.2) is 0 Å². The van der Waals surface area contributed by atoms with Gasteiger partial charge in [-0.15, -0.1) is 0 Å². The SMILES string of the molecule is CCCCCCCCCCCC[N+](CCCCCC)(CCCCCC)CCCCCC.[OH-]. The van der Waals surface area contributed by atoms with Crippen LogP contribution in [0.25, 0.3) is 0 Å². The Morgan fingerprint density at radius 1 is 0.281 bits per heavy atom. The lowest BCUT2D eigenvalue weighted by molar-refractivity contribution is -0.929. The highest BCUT2D eigenvalue weighted by molar-refractivity contribution is 4.54. The van der Waals surface area contributed by atoms with Crippen LogP contribution in [-0.2, 0) is 0 Å². The van der Waals surface area contributed by atoms with Crippen molar-refractivity contribution in [3.63, 3.8) is 0 Å². The fourth-order valence-electron chi connectivity index (χ4n) is 5.23. The van der Waals surface area contributed by atoms with E-state index in [9.17, 15) is 0 Å². The maximum Gasteiger partial charge on any atom is 0.0786 e. The maximum absolute atomic E-state index is 2.35. The van der Waals surface area contributed by atoms with Crippen LogP contribution in [0.15, 0.2) is 0 Å². The van der Waals surface area contributed by atoms with E-state index >= 15 is 0 Å². The highest BCUT2D eigenvalue weighted by atomic mass is 16.0. The molecular weight excluding hydrogens is 390 g/mol. The van der Waals surface area contributed by atoms with Gasteiger partial charge in [-0.05, 0) is 51.4 Å². The average Bonchev–Trinajstić information content (AvgIpc) is 2.78. The molecule has 0 aliphatic heterocycles. The first kappa shape index (κ1) is 34.1. The van der Waals surface area contributed by atoms with Gasteiger partial charge in [0.2, 0.25) is 0 Å². The van der Waals surface area contributed by atoms with E-state index < -0.39 is 0 Å². The van der Waals surface area contributed by atoms with Gasteiger partial charge >= 0.3 is 0 Å². The van der Waals surface area contributed by atoms with Crippen molar-refractivity contribution >= 4 is 0 Å². The summed E-state index contributed by atoms with van der Waals surface area (Å²) in [4.78, 5) is 0. The van der Waals surface area contributed by atoms with Gasteiger partial charge in [-0.2, -0.15) is 0 Å². The molecule has 0 aromatic carbocycles. The van der Waals surface area contributed by atoms with Crippen molar-refractivity contribution in [3.05, 3.63) is 0 Å². The third-order valence-electron chi connectivity index (χ3n) is 7.44. The Morgan fingerprint density at radius 2 is 0.469 bits per heavy atom. The molecule has 0 saturated carbocycles. The first-order chi connectivity index (χ1) is 15.2. The zero-order chi connectivity index (χ0) is 22.9. The van der Waals surface area contributed by atoms with Crippen LogP contribution in [0.4, 0.5) is 0 Å².